The van der Waals surface area contributed by atoms with Crippen LogP contribution < -0.4 is 0 Å². The van der Waals surface area contributed by atoms with Gasteiger partial charge in [-0.25, -0.2) is 4.98 Å². The van der Waals surface area contributed by atoms with Gasteiger partial charge in [-0.2, -0.15) is 0 Å². The van der Waals surface area contributed by atoms with E-state index in [1.165, 1.54) is 4.90 Å². The zero-order chi connectivity index (χ0) is 18.0. The van der Waals surface area contributed by atoms with Crippen molar-refractivity contribution in [2.45, 2.75) is 13.5 Å². The van der Waals surface area contributed by atoms with Crippen LogP contribution in [0.4, 0.5) is 0 Å². The van der Waals surface area contributed by atoms with Gasteiger partial charge in [-0.3, -0.25) is 4.79 Å². The minimum absolute atomic E-state index is 0.237. The number of oxazole rings is 1. The summed E-state index contributed by atoms with van der Waals surface area (Å²) in [7, 11) is 1.69. The minimum atomic E-state index is -0.237. The van der Waals surface area contributed by atoms with Crippen molar-refractivity contribution in [2.24, 2.45) is 0 Å². The minimum Gasteiger partial charge on any atom is -0.441 e. The predicted octanol–water partition coefficient (Wildman–Crippen LogP) is 5.23. The summed E-state index contributed by atoms with van der Waals surface area (Å²) in [4.78, 5) is 18.6. The molecular formula is C19H16Cl2N2O2. The molecule has 4 nitrogen and oxygen atoms in total. The topological polar surface area (TPSA) is 46.3 Å². The second-order valence-electron chi connectivity index (χ2n) is 5.66. The third-order valence-electron chi connectivity index (χ3n) is 3.81. The van der Waals surface area contributed by atoms with Crippen molar-refractivity contribution in [3.63, 3.8) is 0 Å². The van der Waals surface area contributed by atoms with Gasteiger partial charge in [0.25, 0.3) is 5.91 Å². The number of carbonyl (C=O) groups is 1. The van der Waals surface area contributed by atoms with E-state index in [2.05, 4.69) is 4.98 Å². The van der Waals surface area contributed by atoms with Crippen molar-refractivity contribution in [2.75, 3.05) is 7.05 Å². The molecule has 0 radical (unpaired) electrons. The zero-order valence-electron chi connectivity index (χ0n) is 13.8. The number of carbonyl (C=O) groups excluding carboxylic acids is 1. The van der Waals surface area contributed by atoms with Gasteiger partial charge in [0, 0.05) is 19.2 Å². The molecule has 0 N–H and O–H groups in total. The monoisotopic (exact) mass is 374 g/mol. The second-order valence-corrected chi connectivity index (χ2v) is 6.45. The zero-order valence-corrected chi connectivity index (χ0v) is 15.3. The molecule has 0 aliphatic carbocycles. The van der Waals surface area contributed by atoms with Gasteiger partial charge in [-0.1, -0.05) is 53.5 Å². The van der Waals surface area contributed by atoms with Crippen LogP contribution in [0.15, 0.2) is 52.9 Å². The van der Waals surface area contributed by atoms with Crippen LogP contribution in [0.25, 0.3) is 11.5 Å². The third-order valence-corrected chi connectivity index (χ3v) is 4.66. The molecule has 0 aliphatic rings. The number of aromatic nitrogens is 1. The third kappa shape index (κ3) is 3.70. The molecule has 0 saturated heterocycles. The van der Waals surface area contributed by atoms with Gasteiger partial charge in [0.15, 0.2) is 5.69 Å². The van der Waals surface area contributed by atoms with E-state index in [0.717, 1.165) is 11.1 Å². The van der Waals surface area contributed by atoms with Crippen LogP contribution >= 0.6 is 23.2 Å². The highest BCUT2D eigenvalue weighted by Crippen LogP contribution is 2.27. The van der Waals surface area contributed by atoms with E-state index >= 15 is 0 Å². The van der Waals surface area contributed by atoms with E-state index < -0.39 is 0 Å². The molecule has 0 bridgehead atoms. The lowest BCUT2D eigenvalue weighted by Gasteiger charge is -2.17. The van der Waals surface area contributed by atoms with E-state index in [0.29, 0.717) is 33.9 Å². The quantitative estimate of drug-likeness (QED) is 0.627. The van der Waals surface area contributed by atoms with Crippen LogP contribution in [-0.2, 0) is 6.54 Å². The molecule has 6 heteroatoms. The largest absolute Gasteiger partial charge is 0.441 e. The molecule has 0 unspecified atom stereocenters. The van der Waals surface area contributed by atoms with Gasteiger partial charge in [-0.05, 0) is 30.7 Å². The summed E-state index contributed by atoms with van der Waals surface area (Å²) in [6.45, 7) is 2.05. The molecule has 1 amide bonds. The Morgan fingerprint density at radius 3 is 2.56 bits per heavy atom. The standard InChI is InChI=1S/C19H16Cl2N2O2/c1-12-17(22-18(25-12)13-7-4-3-5-8-13)19(24)23(2)11-14-9-6-10-15(20)16(14)21/h3-10H,11H2,1-2H3. The Bertz CT molecular complexity index is 907. The number of nitrogens with zero attached hydrogens (tertiary/aromatic N) is 2. The van der Waals surface area contributed by atoms with Gasteiger partial charge in [0.1, 0.15) is 5.76 Å². The molecule has 0 fully saturated rings. The number of benzene rings is 2. The molecule has 3 aromatic rings. The van der Waals surface area contributed by atoms with E-state index in [9.17, 15) is 4.79 Å². The van der Waals surface area contributed by atoms with Gasteiger partial charge in [0.2, 0.25) is 5.89 Å². The first kappa shape index (κ1) is 17.5. The van der Waals surface area contributed by atoms with Gasteiger partial charge >= 0.3 is 0 Å². The fourth-order valence-electron chi connectivity index (χ4n) is 2.48. The first-order valence-electron chi connectivity index (χ1n) is 7.68. The van der Waals surface area contributed by atoms with Crippen molar-refractivity contribution in [1.82, 2.24) is 9.88 Å². The molecular weight excluding hydrogens is 359 g/mol. The first-order chi connectivity index (χ1) is 12.0. The number of rotatable bonds is 4. The first-order valence-corrected chi connectivity index (χ1v) is 8.44. The van der Waals surface area contributed by atoms with Crippen LogP contribution in [0.2, 0.25) is 10.0 Å². The predicted molar refractivity (Wildman–Crippen MR) is 98.9 cm³/mol. The second kappa shape index (κ2) is 7.30. The van der Waals surface area contributed by atoms with Crippen molar-refractivity contribution in [3.8, 4) is 11.5 Å². The maximum atomic E-state index is 12.7. The number of aryl methyl sites for hydroxylation is 1. The Balaban J connectivity index is 1.83. The normalized spacial score (nSPS) is 10.7. The Labute approximate surface area is 156 Å². The molecule has 25 heavy (non-hydrogen) atoms. The Morgan fingerprint density at radius 2 is 1.84 bits per heavy atom. The Kier molecular flexibility index (Phi) is 5.11. The molecule has 3 rings (SSSR count). The Hall–Kier alpha value is -2.30. The molecule has 0 spiro atoms. The van der Waals surface area contributed by atoms with Gasteiger partial charge in [0.05, 0.1) is 10.0 Å². The average Bonchev–Trinajstić information content (AvgIpc) is 3.01. The number of amides is 1. The summed E-state index contributed by atoms with van der Waals surface area (Å²) in [5.41, 5.74) is 1.89. The summed E-state index contributed by atoms with van der Waals surface area (Å²) in [5.74, 6) is 0.669. The molecule has 128 valence electrons. The summed E-state index contributed by atoms with van der Waals surface area (Å²) >= 11 is 12.2. The molecule has 0 atom stereocenters. The highest BCUT2D eigenvalue weighted by Gasteiger charge is 2.22. The molecule has 0 saturated carbocycles. The highest BCUT2D eigenvalue weighted by atomic mass is 35.5. The van der Waals surface area contributed by atoms with Crippen molar-refractivity contribution in [1.29, 1.82) is 0 Å². The summed E-state index contributed by atoms with van der Waals surface area (Å²) in [5, 5.41) is 0.912. The summed E-state index contributed by atoms with van der Waals surface area (Å²) in [6, 6.07) is 14.8. The van der Waals surface area contributed by atoms with Crippen LogP contribution in [0.3, 0.4) is 0 Å². The average molecular weight is 375 g/mol. The fourth-order valence-corrected chi connectivity index (χ4v) is 2.86. The van der Waals surface area contributed by atoms with Gasteiger partial charge in [-0.15, -0.1) is 0 Å². The summed E-state index contributed by atoms with van der Waals surface area (Å²) in [6.07, 6.45) is 0. The van der Waals surface area contributed by atoms with Crippen molar-refractivity contribution >= 4 is 29.1 Å². The van der Waals surface area contributed by atoms with E-state index in [1.807, 2.05) is 36.4 Å². The van der Waals surface area contributed by atoms with Crippen molar-refractivity contribution in [3.05, 3.63) is 75.6 Å². The summed E-state index contributed by atoms with van der Waals surface area (Å²) < 4.78 is 5.66. The SMILES string of the molecule is Cc1oc(-c2ccccc2)nc1C(=O)N(C)Cc1cccc(Cl)c1Cl. The molecule has 0 aliphatic heterocycles. The molecule has 1 aromatic heterocycles. The van der Waals surface area contributed by atoms with Crippen LogP contribution in [-0.4, -0.2) is 22.8 Å². The van der Waals surface area contributed by atoms with Crippen LogP contribution in [0.5, 0.6) is 0 Å². The highest BCUT2D eigenvalue weighted by molar-refractivity contribution is 6.42. The number of hydrogen-bond donors (Lipinski definition) is 0. The lowest BCUT2D eigenvalue weighted by molar-refractivity contribution is 0.0778. The number of hydrogen-bond acceptors (Lipinski definition) is 3. The van der Waals surface area contributed by atoms with Gasteiger partial charge < -0.3 is 9.32 Å². The smallest absolute Gasteiger partial charge is 0.276 e. The lowest BCUT2D eigenvalue weighted by atomic mass is 10.2. The lowest BCUT2D eigenvalue weighted by Crippen LogP contribution is -2.27. The van der Waals surface area contributed by atoms with E-state index in [-0.39, 0.29) is 5.91 Å². The Morgan fingerprint density at radius 1 is 1.12 bits per heavy atom. The van der Waals surface area contributed by atoms with Crippen LogP contribution in [0, 0.1) is 6.92 Å². The van der Waals surface area contributed by atoms with E-state index in [1.54, 1.807) is 26.1 Å². The maximum absolute atomic E-state index is 12.7. The maximum Gasteiger partial charge on any atom is 0.276 e. The number of halogens is 2. The van der Waals surface area contributed by atoms with Crippen LogP contribution in [0.1, 0.15) is 21.8 Å². The fraction of sp³-hybridized carbons (Fsp3) is 0.158. The molecule has 2 aromatic carbocycles. The van der Waals surface area contributed by atoms with E-state index in [4.69, 9.17) is 27.6 Å². The van der Waals surface area contributed by atoms with Crippen molar-refractivity contribution < 1.29 is 9.21 Å². The molecule has 1 heterocycles.